The van der Waals surface area contributed by atoms with Crippen molar-refractivity contribution in [1.82, 2.24) is 15.3 Å². The Kier molecular flexibility index (Phi) is 5.72. The number of fused-ring (bicyclic) bond motifs is 1. The van der Waals surface area contributed by atoms with Gasteiger partial charge >= 0.3 is 0 Å². The largest absolute Gasteiger partial charge is 0.344 e. The van der Waals surface area contributed by atoms with Gasteiger partial charge in [-0.15, -0.1) is 0 Å². The summed E-state index contributed by atoms with van der Waals surface area (Å²) in [4.78, 5) is 32.0. The zero-order valence-corrected chi connectivity index (χ0v) is 16.4. The fourth-order valence-corrected chi connectivity index (χ4v) is 3.80. The minimum Gasteiger partial charge on any atom is -0.344 e. The SMILES string of the molecule is O=C(CSc1nc2ccccc2c(=O)[nH]1)NC(c1ccccc1)c1ccccc1. The smallest absolute Gasteiger partial charge is 0.259 e. The van der Waals surface area contributed by atoms with Crippen LogP contribution in [0.2, 0.25) is 0 Å². The average Bonchev–Trinajstić information content (AvgIpc) is 2.77. The van der Waals surface area contributed by atoms with Gasteiger partial charge in [0, 0.05) is 0 Å². The van der Waals surface area contributed by atoms with Crippen LogP contribution in [0, 0.1) is 0 Å². The molecule has 4 aromatic rings. The lowest BCUT2D eigenvalue weighted by Gasteiger charge is -2.19. The number of hydrogen-bond acceptors (Lipinski definition) is 4. The minimum atomic E-state index is -0.242. The highest BCUT2D eigenvalue weighted by molar-refractivity contribution is 7.99. The molecule has 0 aliphatic heterocycles. The Balaban J connectivity index is 1.50. The molecule has 0 saturated heterocycles. The van der Waals surface area contributed by atoms with Crippen LogP contribution in [-0.2, 0) is 4.79 Å². The third-order valence-electron chi connectivity index (χ3n) is 4.50. The summed E-state index contributed by atoms with van der Waals surface area (Å²) < 4.78 is 0. The van der Waals surface area contributed by atoms with Gasteiger partial charge in [-0.3, -0.25) is 9.59 Å². The Bertz CT molecular complexity index is 1140. The van der Waals surface area contributed by atoms with Crippen molar-refractivity contribution in [3.8, 4) is 0 Å². The standard InChI is InChI=1S/C23H19N3O2S/c27-20(15-29-23-24-19-14-8-7-13-18(19)22(28)26-23)25-21(16-9-3-1-4-10-16)17-11-5-2-6-12-17/h1-14,21H,15H2,(H,25,27)(H,24,26,28). The lowest BCUT2D eigenvalue weighted by atomic mass is 9.99. The number of carbonyl (C=O) groups excluding carboxylic acids is 1. The first kappa shape index (κ1) is 19.0. The second-order valence-corrected chi connectivity index (χ2v) is 7.46. The molecule has 1 heterocycles. The second kappa shape index (κ2) is 8.75. The van der Waals surface area contributed by atoms with Gasteiger partial charge in [0.25, 0.3) is 5.56 Å². The predicted octanol–water partition coefficient (Wildman–Crippen LogP) is 3.92. The molecule has 1 aromatic heterocycles. The highest BCUT2D eigenvalue weighted by atomic mass is 32.2. The lowest BCUT2D eigenvalue weighted by molar-refractivity contribution is -0.119. The van der Waals surface area contributed by atoms with E-state index in [0.29, 0.717) is 16.1 Å². The van der Waals surface area contributed by atoms with Gasteiger partial charge in [0.1, 0.15) is 0 Å². The molecule has 0 unspecified atom stereocenters. The summed E-state index contributed by atoms with van der Waals surface area (Å²) in [5, 5.41) is 4.06. The van der Waals surface area contributed by atoms with E-state index in [0.717, 1.165) is 11.1 Å². The molecule has 0 spiro atoms. The molecule has 0 aliphatic rings. The summed E-state index contributed by atoms with van der Waals surface area (Å²) in [7, 11) is 0. The summed E-state index contributed by atoms with van der Waals surface area (Å²) in [5.74, 6) is 0.0146. The van der Waals surface area contributed by atoms with Gasteiger partial charge < -0.3 is 10.3 Å². The van der Waals surface area contributed by atoms with Gasteiger partial charge in [-0.05, 0) is 23.3 Å². The molecule has 0 fully saturated rings. The molecule has 29 heavy (non-hydrogen) atoms. The molecule has 0 aliphatic carbocycles. The molecule has 4 rings (SSSR count). The highest BCUT2D eigenvalue weighted by Gasteiger charge is 2.17. The Morgan fingerprint density at radius 2 is 1.48 bits per heavy atom. The van der Waals surface area contributed by atoms with E-state index in [1.165, 1.54) is 11.8 Å². The summed E-state index contributed by atoms with van der Waals surface area (Å²) in [6, 6.07) is 26.6. The number of aromatic amines is 1. The number of hydrogen-bond donors (Lipinski definition) is 2. The highest BCUT2D eigenvalue weighted by Crippen LogP contribution is 2.22. The number of para-hydroxylation sites is 1. The van der Waals surface area contributed by atoms with Gasteiger partial charge in [0.2, 0.25) is 5.91 Å². The first-order valence-corrected chi connectivity index (χ1v) is 10.2. The molecule has 3 aromatic carbocycles. The van der Waals surface area contributed by atoms with Crippen LogP contribution in [0.3, 0.4) is 0 Å². The molecule has 0 atom stereocenters. The van der Waals surface area contributed by atoms with Crippen LogP contribution in [0.25, 0.3) is 10.9 Å². The average molecular weight is 401 g/mol. The predicted molar refractivity (Wildman–Crippen MR) is 116 cm³/mol. The fourth-order valence-electron chi connectivity index (χ4n) is 3.12. The van der Waals surface area contributed by atoms with Crippen molar-refractivity contribution in [2.75, 3.05) is 5.75 Å². The second-order valence-electron chi connectivity index (χ2n) is 6.50. The van der Waals surface area contributed by atoms with Crippen molar-refractivity contribution < 1.29 is 4.79 Å². The fraction of sp³-hybridized carbons (Fsp3) is 0.0870. The Hall–Kier alpha value is -3.38. The van der Waals surface area contributed by atoms with E-state index >= 15 is 0 Å². The molecule has 144 valence electrons. The Morgan fingerprint density at radius 1 is 0.897 bits per heavy atom. The summed E-state index contributed by atoms with van der Waals surface area (Å²) in [6.07, 6.45) is 0. The maximum Gasteiger partial charge on any atom is 0.259 e. The number of carbonyl (C=O) groups is 1. The van der Waals surface area contributed by atoms with E-state index in [1.807, 2.05) is 66.7 Å². The van der Waals surface area contributed by atoms with Gasteiger partial charge in [-0.25, -0.2) is 4.98 Å². The zero-order valence-electron chi connectivity index (χ0n) is 15.5. The monoisotopic (exact) mass is 401 g/mol. The Labute approximate surface area is 172 Å². The van der Waals surface area contributed by atoms with Crippen molar-refractivity contribution in [1.29, 1.82) is 0 Å². The quantitative estimate of drug-likeness (QED) is 0.379. The van der Waals surface area contributed by atoms with Crippen LogP contribution in [-0.4, -0.2) is 21.6 Å². The van der Waals surface area contributed by atoms with E-state index < -0.39 is 0 Å². The normalized spacial score (nSPS) is 10.9. The van der Waals surface area contributed by atoms with E-state index in [1.54, 1.807) is 18.2 Å². The minimum absolute atomic E-state index is 0.136. The van der Waals surface area contributed by atoms with Crippen molar-refractivity contribution in [3.05, 3.63) is 106 Å². The van der Waals surface area contributed by atoms with Crippen molar-refractivity contribution in [2.45, 2.75) is 11.2 Å². The third kappa shape index (κ3) is 4.55. The maximum absolute atomic E-state index is 12.7. The number of benzene rings is 3. The molecular weight excluding hydrogens is 382 g/mol. The first-order chi connectivity index (χ1) is 14.2. The number of thioether (sulfide) groups is 1. The molecule has 2 N–H and O–H groups in total. The molecule has 6 heteroatoms. The lowest BCUT2D eigenvalue weighted by Crippen LogP contribution is -2.30. The maximum atomic E-state index is 12.7. The van der Waals surface area contributed by atoms with Gasteiger partial charge in [0.15, 0.2) is 5.16 Å². The van der Waals surface area contributed by atoms with Crippen LogP contribution in [0.5, 0.6) is 0 Å². The summed E-state index contributed by atoms with van der Waals surface area (Å²) in [5.41, 5.74) is 2.43. The number of aromatic nitrogens is 2. The molecule has 0 bridgehead atoms. The van der Waals surface area contributed by atoms with Gasteiger partial charge in [0.05, 0.1) is 22.7 Å². The van der Waals surface area contributed by atoms with Crippen LogP contribution >= 0.6 is 11.8 Å². The number of nitrogens with zero attached hydrogens (tertiary/aromatic N) is 1. The van der Waals surface area contributed by atoms with Crippen LogP contribution in [0.1, 0.15) is 17.2 Å². The number of H-pyrrole nitrogens is 1. The van der Waals surface area contributed by atoms with E-state index in [2.05, 4.69) is 15.3 Å². The topological polar surface area (TPSA) is 74.8 Å². The van der Waals surface area contributed by atoms with E-state index in [-0.39, 0.29) is 23.3 Å². The van der Waals surface area contributed by atoms with Gasteiger partial charge in [-0.2, -0.15) is 0 Å². The van der Waals surface area contributed by atoms with Crippen LogP contribution in [0.4, 0.5) is 0 Å². The first-order valence-electron chi connectivity index (χ1n) is 9.22. The van der Waals surface area contributed by atoms with Gasteiger partial charge in [-0.1, -0.05) is 84.6 Å². The molecule has 0 saturated carbocycles. The third-order valence-corrected chi connectivity index (χ3v) is 5.38. The molecule has 5 nitrogen and oxygen atoms in total. The molecule has 0 radical (unpaired) electrons. The van der Waals surface area contributed by atoms with E-state index in [9.17, 15) is 9.59 Å². The van der Waals surface area contributed by atoms with Crippen LogP contribution < -0.4 is 10.9 Å². The van der Waals surface area contributed by atoms with E-state index in [4.69, 9.17) is 0 Å². The summed E-state index contributed by atoms with van der Waals surface area (Å²) in [6.45, 7) is 0. The Morgan fingerprint density at radius 3 is 2.14 bits per heavy atom. The molecular formula is C23H19N3O2S. The van der Waals surface area contributed by atoms with Crippen LogP contribution in [0.15, 0.2) is 94.9 Å². The van der Waals surface area contributed by atoms with Crippen molar-refractivity contribution >= 4 is 28.6 Å². The zero-order chi connectivity index (χ0) is 20.1. The molecule has 1 amide bonds. The number of nitrogens with one attached hydrogen (secondary N) is 2. The van der Waals surface area contributed by atoms with Crippen molar-refractivity contribution in [3.63, 3.8) is 0 Å². The number of rotatable bonds is 6. The number of amides is 1. The van der Waals surface area contributed by atoms with Crippen molar-refractivity contribution in [2.24, 2.45) is 0 Å². The summed E-state index contributed by atoms with van der Waals surface area (Å²) >= 11 is 1.21.